The van der Waals surface area contributed by atoms with Crippen LogP contribution in [0.3, 0.4) is 0 Å². The van der Waals surface area contributed by atoms with Crippen molar-refractivity contribution in [1.29, 1.82) is 0 Å². The molecule has 1 fully saturated rings. The van der Waals surface area contributed by atoms with Crippen molar-refractivity contribution in [3.63, 3.8) is 0 Å². The monoisotopic (exact) mass is 445 g/mol. The van der Waals surface area contributed by atoms with Gasteiger partial charge in [0, 0.05) is 19.5 Å². The third kappa shape index (κ3) is 3.62. The number of rotatable bonds is 4. The Morgan fingerprint density at radius 3 is 2.75 bits per heavy atom. The number of carboxylic acids is 1. The van der Waals surface area contributed by atoms with Gasteiger partial charge in [-0.2, -0.15) is 4.31 Å². The summed E-state index contributed by atoms with van der Waals surface area (Å²) < 4.78 is 27.9. The Kier molecular flexibility index (Phi) is 5.28. The molecule has 2 heterocycles. The molecular weight excluding hydrogens is 434 g/mol. The highest BCUT2D eigenvalue weighted by molar-refractivity contribution is 9.12. The van der Waals surface area contributed by atoms with Crippen LogP contribution in [0.25, 0.3) is 0 Å². The molecule has 0 bridgehead atoms. The third-order valence-corrected chi connectivity index (χ3v) is 7.81. The van der Waals surface area contributed by atoms with Crippen LogP contribution in [0.2, 0.25) is 0 Å². The highest BCUT2D eigenvalue weighted by Crippen LogP contribution is 2.37. The molecule has 0 spiro atoms. The van der Waals surface area contributed by atoms with Crippen molar-refractivity contribution in [1.82, 2.24) is 4.31 Å². The third-order valence-electron chi connectivity index (χ3n) is 3.19. The van der Waals surface area contributed by atoms with Gasteiger partial charge in [0.25, 0.3) is 0 Å². The van der Waals surface area contributed by atoms with Gasteiger partial charge < -0.3 is 5.11 Å². The van der Waals surface area contributed by atoms with Crippen LogP contribution < -0.4 is 0 Å². The lowest BCUT2D eigenvalue weighted by atomic mass is 9.96. The van der Waals surface area contributed by atoms with Crippen LogP contribution in [0, 0.1) is 5.92 Å². The van der Waals surface area contributed by atoms with E-state index < -0.39 is 16.0 Å². The zero-order valence-corrected chi connectivity index (χ0v) is 15.2. The standard InChI is InChI=1S/C11H13Br2NO4S2/c12-9-5-8(11(13)19-9)20(17,18)14-3-1-2-7(6-14)4-10(15)16/h5,7H,1-4,6H2,(H,15,16). The van der Waals surface area contributed by atoms with Gasteiger partial charge in [0.15, 0.2) is 0 Å². The van der Waals surface area contributed by atoms with Crippen LogP contribution in [-0.2, 0) is 14.8 Å². The number of hydrogen-bond acceptors (Lipinski definition) is 4. The number of thiophene rings is 1. The van der Waals surface area contributed by atoms with Gasteiger partial charge in [-0.1, -0.05) is 0 Å². The van der Waals surface area contributed by atoms with Gasteiger partial charge in [-0.25, -0.2) is 8.42 Å². The lowest BCUT2D eigenvalue weighted by Gasteiger charge is -2.31. The van der Waals surface area contributed by atoms with E-state index in [1.54, 1.807) is 6.07 Å². The molecule has 9 heteroatoms. The highest BCUT2D eigenvalue weighted by Gasteiger charge is 2.33. The van der Waals surface area contributed by atoms with E-state index in [9.17, 15) is 13.2 Å². The minimum atomic E-state index is -3.57. The van der Waals surface area contributed by atoms with Gasteiger partial charge in [0.1, 0.15) is 4.90 Å². The molecule has 0 radical (unpaired) electrons. The van der Waals surface area contributed by atoms with Gasteiger partial charge in [-0.05, 0) is 56.7 Å². The summed E-state index contributed by atoms with van der Waals surface area (Å²) in [5, 5.41) is 8.84. The maximum Gasteiger partial charge on any atom is 0.303 e. The minimum Gasteiger partial charge on any atom is -0.481 e. The average molecular weight is 447 g/mol. The summed E-state index contributed by atoms with van der Waals surface area (Å²) in [6, 6.07) is 1.57. The van der Waals surface area contributed by atoms with E-state index in [-0.39, 0.29) is 23.8 Å². The van der Waals surface area contributed by atoms with Crippen molar-refractivity contribution in [3.05, 3.63) is 13.6 Å². The Balaban J connectivity index is 2.21. The molecule has 1 atom stereocenters. The Labute approximate surface area is 138 Å². The summed E-state index contributed by atoms with van der Waals surface area (Å²) >= 11 is 7.84. The van der Waals surface area contributed by atoms with Crippen molar-refractivity contribution in [2.24, 2.45) is 5.92 Å². The van der Waals surface area contributed by atoms with E-state index in [0.29, 0.717) is 16.8 Å². The lowest BCUT2D eigenvalue weighted by Crippen LogP contribution is -2.40. The maximum atomic E-state index is 12.6. The molecule has 1 unspecified atom stereocenters. The second-order valence-corrected chi connectivity index (χ2v) is 10.3. The minimum absolute atomic E-state index is 0.0144. The molecule has 0 amide bonds. The fourth-order valence-corrected chi connectivity index (χ4v) is 7.62. The molecule has 112 valence electrons. The van der Waals surface area contributed by atoms with Crippen molar-refractivity contribution < 1.29 is 18.3 Å². The quantitative estimate of drug-likeness (QED) is 0.770. The van der Waals surface area contributed by atoms with Crippen molar-refractivity contribution in [2.75, 3.05) is 13.1 Å². The fourth-order valence-electron chi connectivity index (χ4n) is 2.30. The number of sulfonamides is 1. The van der Waals surface area contributed by atoms with Gasteiger partial charge in [0.2, 0.25) is 10.0 Å². The highest BCUT2D eigenvalue weighted by atomic mass is 79.9. The largest absolute Gasteiger partial charge is 0.481 e. The molecule has 5 nitrogen and oxygen atoms in total. The van der Waals surface area contributed by atoms with Gasteiger partial charge in [-0.3, -0.25) is 4.79 Å². The Bertz CT molecular complexity index is 614. The normalized spacial score (nSPS) is 21.0. The molecular formula is C11H13Br2NO4S2. The lowest BCUT2D eigenvalue weighted by molar-refractivity contribution is -0.138. The van der Waals surface area contributed by atoms with Crippen LogP contribution in [0.5, 0.6) is 0 Å². The summed E-state index contributed by atoms with van der Waals surface area (Å²) in [6.45, 7) is 0.715. The molecule has 0 aromatic carbocycles. The van der Waals surface area contributed by atoms with Gasteiger partial charge in [-0.15, -0.1) is 11.3 Å². The summed E-state index contributed by atoms with van der Waals surface area (Å²) in [5.74, 6) is -0.995. The fraction of sp³-hybridized carbons (Fsp3) is 0.545. The number of hydrogen-bond donors (Lipinski definition) is 1. The number of carbonyl (C=O) groups is 1. The maximum absolute atomic E-state index is 12.6. The van der Waals surface area contributed by atoms with E-state index in [2.05, 4.69) is 31.9 Å². The SMILES string of the molecule is O=C(O)CC1CCCN(S(=O)(=O)c2cc(Br)sc2Br)C1. The van der Waals surface area contributed by atoms with E-state index in [1.165, 1.54) is 15.6 Å². The first kappa shape index (κ1) is 16.4. The van der Waals surface area contributed by atoms with Crippen LogP contribution >= 0.6 is 43.2 Å². The summed E-state index contributed by atoms with van der Waals surface area (Å²) in [4.78, 5) is 11.0. The molecule has 1 saturated heterocycles. The predicted octanol–water partition coefficient (Wildman–Crippen LogP) is 3.15. The van der Waals surface area contributed by atoms with E-state index in [1.807, 2.05) is 0 Å². The predicted molar refractivity (Wildman–Crippen MR) is 83.5 cm³/mol. The number of halogens is 2. The second-order valence-electron chi connectivity index (χ2n) is 4.66. The zero-order chi connectivity index (χ0) is 14.9. The Morgan fingerprint density at radius 2 is 2.20 bits per heavy atom. The van der Waals surface area contributed by atoms with E-state index in [0.717, 1.165) is 10.2 Å². The molecule has 2 rings (SSSR count). The van der Waals surface area contributed by atoms with Crippen molar-refractivity contribution in [2.45, 2.75) is 24.2 Å². The summed E-state index contributed by atoms with van der Waals surface area (Å²) in [5.41, 5.74) is 0. The van der Waals surface area contributed by atoms with Gasteiger partial charge >= 0.3 is 5.97 Å². The number of nitrogens with zero attached hydrogens (tertiary/aromatic N) is 1. The van der Waals surface area contributed by atoms with E-state index in [4.69, 9.17) is 5.11 Å². The number of piperidine rings is 1. The van der Waals surface area contributed by atoms with Crippen molar-refractivity contribution in [3.8, 4) is 0 Å². The van der Waals surface area contributed by atoms with E-state index >= 15 is 0 Å². The molecule has 20 heavy (non-hydrogen) atoms. The topological polar surface area (TPSA) is 74.7 Å². The van der Waals surface area contributed by atoms with Crippen LogP contribution in [0.4, 0.5) is 0 Å². The Hall–Kier alpha value is 0.0400. The molecule has 1 aliphatic heterocycles. The van der Waals surface area contributed by atoms with Gasteiger partial charge in [0.05, 0.1) is 7.57 Å². The average Bonchev–Trinajstić information content (AvgIpc) is 2.68. The van der Waals surface area contributed by atoms with Crippen LogP contribution in [0.1, 0.15) is 19.3 Å². The van der Waals surface area contributed by atoms with Crippen LogP contribution in [-0.4, -0.2) is 36.9 Å². The molecule has 0 aliphatic carbocycles. The van der Waals surface area contributed by atoms with Crippen molar-refractivity contribution >= 4 is 59.2 Å². The molecule has 1 aromatic rings. The summed E-state index contributed by atoms with van der Waals surface area (Å²) in [6.07, 6.45) is 1.47. The smallest absolute Gasteiger partial charge is 0.303 e. The molecule has 1 N–H and O–H groups in total. The first-order valence-electron chi connectivity index (χ1n) is 5.97. The molecule has 0 saturated carbocycles. The Morgan fingerprint density at radius 1 is 1.50 bits per heavy atom. The second kappa shape index (κ2) is 6.43. The molecule has 1 aromatic heterocycles. The summed E-state index contributed by atoms with van der Waals surface area (Å²) in [7, 11) is -3.57. The number of carboxylic acid groups (broad SMARTS) is 1. The zero-order valence-electron chi connectivity index (χ0n) is 10.4. The molecule has 1 aliphatic rings. The first-order valence-corrected chi connectivity index (χ1v) is 9.81. The van der Waals surface area contributed by atoms with Crippen LogP contribution in [0.15, 0.2) is 18.5 Å². The number of aliphatic carboxylic acids is 1. The first-order chi connectivity index (χ1) is 9.30.